The number of imidazole rings is 1. The van der Waals surface area contributed by atoms with Crippen LogP contribution in [0.1, 0.15) is 22.3 Å². The summed E-state index contributed by atoms with van der Waals surface area (Å²) >= 11 is 11.8. The Hall–Kier alpha value is -2.63. The predicted molar refractivity (Wildman–Crippen MR) is 102 cm³/mol. The first-order valence-corrected chi connectivity index (χ1v) is 8.63. The predicted octanol–water partition coefficient (Wildman–Crippen LogP) is 4.84. The zero-order chi connectivity index (χ0) is 18.4. The van der Waals surface area contributed by atoms with Crippen molar-refractivity contribution in [3.8, 4) is 0 Å². The molecule has 0 unspecified atom stereocenters. The molecule has 1 aromatic heterocycles. The Balaban J connectivity index is 1.76. The Morgan fingerprint density at radius 1 is 1.00 bits per heavy atom. The van der Waals surface area contributed by atoms with Crippen LogP contribution in [-0.2, 0) is 11.4 Å². The second-order valence-corrected chi connectivity index (χ2v) is 6.35. The third kappa shape index (κ3) is 4.94. The lowest BCUT2D eigenvalue weighted by molar-refractivity contribution is 0.0515. The van der Waals surface area contributed by atoms with Crippen LogP contribution < -0.4 is 0 Å². The van der Waals surface area contributed by atoms with Crippen molar-refractivity contribution >= 4 is 34.9 Å². The second-order valence-electron chi connectivity index (χ2n) is 5.48. The van der Waals surface area contributed by atoms with E-state index >= 15 is 0 Å². The lowest BCUT2D eigenvalue weighted by Gasteiger charge is -2.08. The molecule has 132 valence electrons. The first-order chi connectivity index (χ1) is 12.6. The molecule has 3 rings (SSSR count). The molecule has 0 saturated carbocycles. The smallest absolute Gasteiger partial charge is 0.337 e. The average molecular weight is 388 g/mol. The highest BCUT2D eigenvalue weighted by atomic mass is 35.5. The Morgan fingerprint density at radius 3 is 2.19 bits per heavy atom. The number of nitrogens with zero attached hydrogens (tertiary/aromatic N) is 3. The highest BCUT2D eigenvalue weighted by Crippen LogP contribution is 2.14. The van der Waals surface area contributed by atoms with Gasteiger partial charge in [-0.25, -0.2) is 9.78 Å². The van der Waals surface area contributed by atoms with Crippen LogP contribution in [0.5, 0.6) is 0 Å². The highest BCUT2D eigenvalue weighted by molar-refractivity contribution is 6.31. The van der Waals surface area contributed by atoms with Crippen molar-refractivity contribution in [2.75, 3.05) is 0 Å². The topological polar surface area (TPSA) is 56.5 Å². The van der Waals surface area contributed by atoms with Gasteiger partial charge in [0.15, 0.2) is 0 Å². The van der Waals surface area contributed by atoms with Gasteiger partial charge in [-0.3, -0.25) is 0 Å². The maximum atomic E-state index is 12.2. The summed E-state index contributed by atoms with van der Waals surface area (Å²) in [6.45, 7) is 0.653. The van der Waals surface area contributed by atoms with Gasteiger partial charge in [0.25, 0.3) is 0 Å². The van der Waals surface area contributed by atoms with E-state index in [2.05, 4.69) is 10.1 Å². The fourth-order valence-electron chi connectivity index (χ4n) is 2.27. The summed E-state index contributed by atoms with van der Waals surface area (Å²) in [5.74, 6) is -0.546. The summed E-state index contributed by atoms with van der Waals surface area (Å²) in [5, 5.41) is 5.25. The van der Waals surface area contributed by atoms with Gasteiger partial charge < -0.3 is 9.40 Å². The molecule has 0 atom stereocenters. The number of aryl methyl sites for hydroxylation is 1. The van der Waals surface area contributed by atoms with Crippen molar-refractivity contribution < 1.29 is 9.63 Å². The number of rotatable bonds is 6. The number of aromatic nitrogens is 2. The largest absolute Gasteiger partial charge is 0.365 e. The first-order valence-electron chi connectivity index (χ1n) is 7.87. The van der Waals surface area contributed by atoms with Crippen molar-refractivity contribution in [1.82, 2.24) is 9.55 Å². The van der Waals surface area contributed by atoms with E-state index in [1.165, 1.54) is 0 Å². The highest BCUT2D eigenvalue weighted by Gasteiger charge is 2.10. The van der Waals surface area contributed by atoms with Gasteiger partial charge in [0.05, 0.1) is 17.6 Å². The summed E-state index contributed by atoms with van der Waals surface area (Å²) in [7, 11) is 0. The maximum Gasteiger partial charge on any atom is 0.365 e. The van der Waals surface area contributed by atoms with Crippen LogP contribution in [-0.4, -0.2) is 21.2 Å². The summed E-state index contributed by atoms with van der Waals surface area (Å²) in [6.07, 6.45) is 5.85. The number of benzene rings is 2. The quantitative estimate of drug-likeness (QED) is 0.345. The molecule has 2 aromatic carbocycles. The van der Waals surface area contributed by atoms with E-state index in [9.17, 15) is 4.79 Å². The average Bonchev–Trinajstić information content (AvgIpc) is 3.17. The zero-order valence-electron chi connectivity index (χ0n) is 13.7. The van der Waals surface area contributed by atoms with Gasteiger partial charge in [-0.15, -0.1) is 0 Å². The Bertz CT molecular complexity index is 890. The molecular weight excluding hydrogens is 373 g/mol. The lowest BCUT2D eigenvalue weighted by atomic mass is 10.1. The first kappa shape index (κ1) is 18.2. The molecule has 0 amide bonds. The fraction of sp³-hybridized carbons (Fsp3) is 0.105. The van der Waals surface area contributed by atoms with E-state index < -0.39 is 5.97 Å². The molecule has 5 nitrogen and oxygen atoms in total. The fourth-order valence-corrected chi connectivity index (χ4v) is 2.53. The van der Waals surface area contributed by atoms with Gasteiger partial charge in [-0.2, -0.15) is 0 Å². The normalized spacial score (nSPS) is 11.4. The van der Waals surface area contributed by atoms with Gasteiger partial charge in [-0.05, 0) is 42.0 Å². The minimum Gasteiger partial charge on any atom is -0.337 e. The van der Waals surface area contributed by atoms with Crippen LogP contribution >= 0.6 is 23.2 Å². The summed E-state index contributed by atoms with van der Waals surface area (Å²) < 4.78 is 1.92. The van der Waals surface area contributed by atoms with E-state index in [1.54, 1.807) is 48.9 Å². The molecule has 0 aliphatic heterocycles. The number of oxime groups is 1. The van der Waals surface area contributed by atoms with Gasteiger partial charge in [0, 0.05) is 35.4 Å². The third-order valence-corrected chi connectivity index (χ3v) is 4.17. The molecule has 0 fully saturated rings. The van der Waals surface area contributed by atoms with Gasteiger partial charge in [0.2, 0.25) is 0 Å². The summed E-state index contributed by atoms with van der Waals surface area (Å²) in [4.78, 5) is 21.3. The zero-order valence-corrected chi connectivity index (χ0v) is 15.2. The Morgan fingerprint density at radius 2 is 1.62 bits per heavy atom. The van der Waals surface area contributed by atoms with Crippen molar-refractivity contribution in [2.24, 2.45) is 5.16 Å². The summed E-state index contributed by atoms with van der Waals surface area (Å²) in [6, 6.07) is 13.6. The Labute approximate surface area is 160 Å². The molecule has 1 heterocycles. The molecule has 0 spiro atoms. The van der Waals surface area contributed by atoms with Crippen LogP contribution in [0.15, 0.2) is 72.4 Å². The third-order valence-electron chi connectivity index (χ3n) is 3.66. The molecule has 0 aliphatic rings. The number of carbonyl (C=O) groups excluding carboxylic acids is 1. The van der Waals surface area contributed by atoms with Crippen molar-refractivity contribution in [2.45, 2.75) is 13.0 Å². The monoisotopic (exact) mass is 387 g/mol. The minimum atomic E-state index is -0.546. The van der Waals surface area contributed by atoms with Gasteiger partial charge >= 0.3 is 5.97 Å². The second kappa shape index (κ2) is 8.65. The van der Waals surface area contributed by atoms with Crippen molar-refractivity contribution in [3.63, 3.8) is 0 Å². The Kier molecular flexibility index (Phi) is 6.04. The van der Waals surface area contributed by atoms with Crippen LogP contribution in [0.4, 0.5) is 0 Å². The lowest BCUT2D eigenvalue weighted by Crippen LogP contribution is -2.09. The summed E-state index contributed by atoms with van der Waals surface area (Å²) in [5.41, 5.74) is 1.85. The molecule has 0 N–H and O–H groups in total. The SMILES string of the molecule is O=C(O/N=C(\CCn1ccnc1)c1ccc(Cl)cc1)c1ccc(Cl)cc1. The van der Waals surface area contributed by atoms with Crippen LogP contribution in [0, 0.1) is 0 Å². The standard InChI is InChI=1S/C19H15Cl2N3O2/c20-16-5-1-14(2-6-16)18(9-11-24-12-10-22-13-24)23-26-19(25)15-3-7-17(21)8-4-15/h1-8,10,12-13H,9,11H2/b23-18+. The van der Waals surface area contributed by atoms with Gasteiger partial charge in [0.1, 0.15) is 0 Å². The number of hydrogen-bond donors (Lipinski definition) is 0. The molecule has 3 aromatic rings. The van der Waals surface area contributed by atoms with E-state index in [0.717, 1.165) is 5.56 Å². The maximum absolute atomic E-state index is 12.2. The van der Waals surface area contributed by atoms with E-state index in [-0.39, 0.29) is 0 Å². The molecule has 0 saturated heterocycles. The number of halogens is 2. The van der Waals surface area contributed by atoms with E-state index in [4.69, 9.17) is 28.0 Å². The van der Waals surface area contributed by atoms with E-state index in [0.29, 0.717) is 34.3 Å². The van der Waals surface area contributed by atoms with E-state index in [1.807, 2.05) is 22.9 Å². The molecule has 0 bridgehead atoms. The van der Waals surface area contributed by atoms with Crippen LogP contribution in [0.2, 0.25) is 10.0 Å². The molecule has 26 heavy (non-hydrogen) atoms. The van der Waals surface area contributed by atoms with Gasteiger partial charge in [-0.1, -0.05) is 40.5 Å². The number of carbonyl (C=O) groups is 1. The molecule has 0 radical (unpaired) electrons. The van der Waals surface area contributed by atoms with Crippen LogP contribution in [0.3, 0.4) is 0 Å². The van der Waals surface area contributed by atoms with Crippen molar-refractivity contribution in [3.05, 3.63) is 88.4 Å². The number of hydrogen-bond acceptors (Lipinski definition) is 4. The molecular formula is C19H15Cl2N3O2. The minimum absolute atomic E-state index is 0.378. The molecule has 7 heteroatoms. The molecule has 0 aliphatic carbocycles. The van der Waals surface area contributed by atoms with Crippen molar-refractivity contribution in [1.29, 1.82) is 0 Å². The van der Waals surface area contributed by atoms with Crippen LogP contribution in [0.25, 0.3) is 0 Å².